The molecule has 1 heterocycles. The minimum Gasteiger partial charge on any atom is -0.325 e. The minimum absolute atomic E-state index is 0.245. The molecule has 2 N–H and O–H groups in total. The molecule has 0 saturated carbocycles. The van der Waals surface area contributed by atoms with Crippen LogP contribution in [-0.4, -0.2) is 17.1 Å². The Morgan fingerprint density at radius 3 is 2.59 bits per heavy atom. The van der Waals surface area contributed by atoms with Crippen molar-refractivity contribution >= 4 is 40.0 Å². The van der Waals surface area contributed by atoms with E-state index >= 15 is 0 Å². The van der Waals surface area contributed by atoms with Crippen molar-refractivity contribution in [3.63, 3.8) is 0 Å². The lowest BCUT2D eigenvalue weighted by Gasteiger charge is -2.35. The Kier molecular flexibility index (Phi) is 5.63. The molecule has 0 fully saturated rings. The zero-order valence-electron chi connectivity index (χ0n) is 16.3. The first-order chi connectivity index (χ1) is 13.8. The number of rotatable bonds is 4. The highest BCUT2D eigenvalue weighted by molar-refractivity contribution is 8.04. The van der Waals surface area contributed by atoms with E-state index in [-0.39, 0.29) is 5.91 Å². The Balaban J connectivity index is 1.84. The molecule has 6 nitrogen and oxygen atoms in total. The van der Waals surface area contributed by atoms with Crippen LogP contribution in [0.25, 0.3) is 10.8 Å². The average molecular weight is 404 g/mol. The van der Waals surface area contributed by atoms with Gasteiger partial charge in [0.25, 0.3) is 0 Å². The number of hydrogen-bond acceptors (Lipinski definition) is 5. The van der Waals surface area contributed by atoms with E-state index in [1.165, 1.54) is 0 Å². The number of carbonyl (C=O) groups is 2. The number of thioether (sulfide) groups is 1. The monoisotopic (exact) mass is 404 g/mol. The van der Waals surface area contributed by atoms with Crippen LogP contribution in [0.1, 0.15) is 20.8 Å². The normalized spacial score (nSPS) is 19.1. The number of anilines is 1. The number of hydrogen-bond donors (Lipinski definition) is 2. The molecule has 29 heavy (non-hydrogen) atoms. The van der Waals surface area contributed by atoms with Crippen LogP contribution in [0.15, 0.2) is 53.1 Å². The van der Waals surface area contributed by atoms with Gasteiger partial charge in [0, 0.05) is 16.5 Å². The van der Waals surface area contributed by atoms with Crippen LogP contribution in [0.4, 0.5) is 5.69 Å². The van der Waals surface area contributed by atoms with Crippen LogP contribution in [0, 0.1) is 34.0 Å². The second kappa shape index (κ2) is 7.98. The predicted molar refractivity (Wildman–Crippen MR) is 113 cm³/mol. The van der Waals surface area contributed by atoms with Gasteiger partial charge in [-0.25, -0.2) is 0 Å². The molecule has 0 aromatic heterocycles. The Hall–Kier alpha value is -3.29. The summed E-state index contributed by atoms with van der Waals surface area (Å²) in [7, 11) is 0. The molecule has 7 heteroatoms. The summed E-state index contributed by atoms with van der Waals surface area (Å²) in [5.41, 5.74) is 0.0750. The van der Waals surface area contributed by atoms with Gasteiger partial charge >= 0.3 is 0 Å². The Bertz CT molecular complexity index is 1100. The Morgan fingerprint density at radius 2 is 1.90 bits per heavy atom. The molecule has 0 bridgehead atoms. The SMILES string of the molecule is C[C@H](SC1=C(C#N)C(C)(C)[C@H](C#N)C(=O)N1)C(=O)Nc1cccc2ccccc12. The zero-order valence-corrected chi connectivity index (χ0v) is 17.1. The van der Waals surface area contributed by atoms with E-state index in [1.807, 2.05) is 48.5 Å². The third-order valence-corrected chi connectivity index (χ3v) is 6.15. The molecule has 1 aliphatic heterocycles. The zero-order chi connectivity index (χ0) is 21.2. The van der Waals surface area contributed by atoms with Gasteiger partial charge in [-0.15, -0.1) is 0 Å². The molecule has 0 saturated heterocycles. The summed E-state index contributed by atoms with van der Waals surface area (Å²) in [4.78, 5) is 25.1. The Labute approximate surface area is 173 Å². The lowest BCUT2D eigenvalue weighted by molar-refractivity contribution is -0.125. The van der Waals surface area contributed by atoms with E-state index in [4.69, 9.17) is 0 Å². The molecular formula is C22H20N4O2S. The van der Waals surface area contributed by atoms with Gasteiger partial charge in [-0.2, -0.15) is 10.5 Å². The fourth-order valence-electron chi connectivity index (χ4n) is 3.31. The Morgan fingerprint density at radius 1 is 1.21 bits per heavy atom. The third-order valence-electron chi connectivity index (χ3n) is 5.04. The third kappa shape index (κ3) is 3.83. The number of amides is 2. The van der Waals surface area contributed by atoms with Crippen molar-refractivity contribution in [3.8, 4) is 12.1 Å². The number of benzene rings is 2. The van der Waals surface area contributed by atoms with Crippen LogP contribution in [0.3, 0.4) is 0 Å². The lowest BCUT2D eigenvalue weighted by Crippen LogP contribution is -2.45. The molecule has 1 aliphatic rings. The molecule has 2 atom stereocenters. The van der Waals surface area contributed by atoms with Crippen molar-refractivity contribution in [2.24, 2.45) is 11.3 Å². The van der Waals surface area contributed by atoms with E-state index < -0.39 is 22.5 Å². The van der Waals surface area contributed by atoms with E-state index in [0.717, 1.165) is 22.5 Å². The van der Waals surface area contributed by atoms with Crippen LogP contribution >= 0.6 is 11.8 Å². The van der Waals surface area contributed by atoms with Crippen molar-refractivity contribution < 1.29 is 9.59 Å². The summed E-state index contributed by atoms with van der Waals surface area (Å²) in [6.45, 7) is 5.10. The minimum atomic E-state index is -0.957. The number of nitrogens with zero attached hydrogens (tertiary/aromatic N) is 2. The first-order valence-electron chi connectivity index (χ1n) is 9.10. The summed E-state index contributed by atoms with van der Waals surface area (Å²) >= 11 is 1.11. The van der Waals surface area contributed by atoms with Gasteiger partial charge in [0.2, 0.25) is 11.8 Å². The number of carbonyl (C=O) groups excluding carboxylic acids is 2. The van der Waals surface area contributed by atoms with Gasteiger partial charge in [-0.3, -0.25) is 9.59 Å². The number of nitrogens with one attached hydrogen (secondary N) is 2. The number of nitriles is 2. The average Bonchev–Trinajstić information content (AvgIpc) is 2.68. The van der Waals surface area contributed by atoms with Gasteiger partial charge in [0.05, 0.1) is 28.0 Å². The summed E-state index contributed by atoms with van der Waals surface area (Å²) < 4.78 is 0. The first kappa shape index (κ1) is 20.4. The summed E-state index contributed by atoms with van der Waals surface area (Å²) in [5.74, 6) is -1.66. The molecule has 0 spiro atoms. The van der Waals surface area contributed by atoms with Crippen molar-refractivity contribution in [3.05, 3.63) is 53.1 Å². The van der Waals surface area contributed by atoms with E-state index in [2.05, 4.69) is 16.7 Å². The standard InChI is InChI=1S/C22H20N4O2S/c1-13(19(27)25-18-10-6-8-14-7-4-5-9-15(14)18)29-21-17(12-24)22(2,3)16(11-23)20(28)26-21/h4-10,13,16H,1-3H3,(H,25,27)(H,26,28)/t13-,16+/m0/s1. The highest BCUT2D eigenvalue weighted by Gasteiger charge is 2.45. The maximum Gasteiger partial charge on any atom is 0.243 e. The largest absolute Gasteiger partial charge is 0.325 e. The van der Waals surface area contributed by atoms with Crippen molar-refractivity contribution in [2.75, 3.05) is 5.32 Å². The van der Waals surface area contributed by atoms with Crippen LogP contribution < -0.4 is 10.6 Å². The fraction of sp³-hybridized carbons (Fsp3) is 0.273. The molecule has 3 rings (SSSR count). The smallest absolute Gasteiger partial charge is 0.243 e. The molecule has 0 aliphatic carbocycles. The highest BCUT2D eigenvalue weighted by Crippen LogP contribution is 2.42. The summed E-state index contributed by atoms with van der Waals surface area (Å²) in [6, 6.07) is 17.5. The molecule has 146 valence electrons. The number of allylic oxidation sites excluding steroid dienone is 1. The van der Waals surface area contributed by atoms with Gasteiger partial charge in [-0.1, -0.05) is 62.0 Å². The maximum absolute atomic E-state index is 12.8. The summed E-state index contributed by atoms with van der Waals surface area (Å²) in [5, 5.41) is 26.2. The first-order valence-corrected chi connectivity index (χ1v) is 9.98. The van der Waals surface area contributed by atoms with Crippen molar-refractivity contribution in [2.45, 2.75) is 26.0 Å². The maximum atomic E-state index is 12.8. The molecule has 2 aromatic carbocycles. The predicted octanol–water partition coefficient (Wildman–Crippen LogP) is 3.93. The van der Waals surface area contributed by atoms with Gasteiger partial charge in [0.15, 0.2) is 0 Å². The molecule has 0 unspecified atom stereocenters. The molecule has 0 radical (unpaired) electrons. The highest BCUT2D eigenvalue weighted by atomic mass is 32.2. The van der Waals surface area contributed by atoms with Crippen LogP contribution in [-0.2, 0) is 9.59 Å². The quantitative estimate of drug-likeness (QED) is 0.803. The van der Waals surface area contributed by atoms with Gasteiger partial charge in [0.1, 0.15) is 5.92 Å². The summed E-state index contributed by atoms with van der Waals surface area (Å²) in [6.07, 6.45) is 0. The van der Waals surface area contributed by atoms with E-state index in [1.54, 1.807) is 20.8 Å². The van der Waals surface area contributed by atoms with Crippen LogP contribution in [0.2, 0.25) is 0 Å². The fourth-order valence-corrected chi connectivity index (χ4v) is 4.42. The second-order valence-corrected chi connectivity index (χ2v) is 8.72. The number of fused-ring (bicyclic) bond motifs is 1. The van der Waals surface area contributed by atoms with Crippen molar-refractivity contribution in [1.29, 1.82) is 10.5 Å². The van der Waals surface area contributed by atoms with Gasteiger partial charge < -0.3 is 10.6 Å². The van der Waals surface area contributed by atoms with Crippen molar-refractivity contribution in [1.82, 2.24) is 5.32 Å². The van der Waals surface area contributed by atoms with Gasteiger partial charge in [-0.05, 0) is 18.4 Å². The van der Waals surface area contributed by atoms with E-state index in [9.17, 15) is 20.1 Å². The van der Waals surface area contributed by atoms with E-state index in [0.29, 0.717) is 16.3 Å². The lowest BCUT2D eigenvalue weighted by atomic mass is 9.72. The topological polar surface area (TPSA) is 106 Å². The molecule has 2 amide bonds. The molecule has 2 aromatic rings. The molecular weight excluding hydrogens is 384 g/mol. The van der Waals surface area contributed by atoms with Crippen LogP contribution in [0.5, 0.6) is 0 Å². The second-order valence-electron chi connectivity index (χ2n) is 7.37.